The Hall–Kier alpha value is -3.00. The van der Waals surface area contributed by atoms with Crippen LogP contribution in [-0.2, 0) is 0 Å². The lowest BCUT2D eigenvalue weighted by molar-refractivity contribution is -0.384. The molecule has 0 fully saturated rings. The van der Waals surface area contributed by atoms with Crippen LogP contribution in [-0.4, -0.2) is 15.8 Å². The van der Waals surface area contributed by atoms with Gasteiger partial charge in [-0.3, -0.25) is 25.7 Å². The van der Waals surface area contributed by atoms with E-state index in [-0.39, 0.29) is 16.9 Å². The molecule has 0 aliphatic carbocycles. The van der Waals surface area contributed by atoms with Gasteiger partial charge in [0.25, 0.3) is 5.91 Å². The molecule has 1 aromatic carbocycles. The summed E-state index contributed by atoms with van der Waals surface area (Å²) in [6, 6.07) is 7.61. The molecule has 1 amide bonds. The molecule has 0 radical (unpaired) electrons. The molecule has 0 atom stereocenters. The second kappa shape index (κ2) is 5.97. The number of nitrogens with two attached hydrogens (primary N) is 1. The van der Waals surface area contributed by atoms with Crippen molar-refractivity contribution < 1.29 is 9.72 Å². The fraction of sp³-hybridized carbons (Fsp3) is 0.0769. The zero-order chi connectivity index (χ0) is 15.4. The van der Waals surface area contributed by atoms with E-state index in [1.165, 1.54) is 18.2 Å². The van der Waals surface area contributed by atoms with E-state index in [1.54, 1.807) is 25.3 Å². The van der Waals surface area contributed by atoms with E-state index in [0.717, 1.165) is 0 Å². The number of amides is 1. The Labute approximate surface area is 120 Å². The third-order valence-corrected chi connectivity index (χ3v) is 2.87. The predicted octanol–water partition coefficient (Wildman–Crippen LogP) is 1.84. The Morgan fingerprint density at radius 3 is 2.62 bits per heavy atom. The Bertz CT molecular complexity index is 702. The van der Waals surface area contributed by atoms with E-state index in [4.69, 9.17) is 5.84 Å². The van der Waals surface area contributed by atoms with Gasteiger partial charge in [-0.15, -0.1) is 0 Å². The van der Waals surface area contributed by atoms with E-state index in [9.17, 15) is 14.9 Å². The van der Waals surface area contributed by atoms with Gasteiger partial charge in [-0.2, -0.15) is 0 Å². The monoisotopic (exact) mass is 287 g/mol. The van der Waals surface area contributed by atoms with Crippen LogP contribution < -0.4 is 16.6 Å². The lowest BCUT2D eigenvalue weighted by Crippen LogP contribution is -2.17. The summed E-state index contributed by atoms with van der Waals surface area (Å²) >= 11 is 0. The zero-order valence-electron chi connectivity index (χ0n) is 11.2. The molecule has 0 spiro atoms. The maximum Gasteiger partial charge on any atom is 0.306 e. The van der Waals surface area contributed by atoms with Crippen LogP contribution in [0.2, 0.25) is 0 Å². The minimum Gasteiger partial charge on any atom is -0.320 e. The van der Waals surface area contributed by atoms with Gasteiger partial charge in [0.2, 0.25) is 0 Å². The molecule has 0 unspecified atom stereocenters. The number of nitrogens with one attached hydrogen (secondary N) is 2. The van der Waals surface area contributed by atoms with E-state index < -0.39 is 10.8 Å². The molecule has 1 heterocycles. The number of nitrogens with zero attached hydrogens (tertiary/aromatic N) is 2. The molecule has 8 nitrogen and oxygen atoms in total. The van der Waals surface area contributed by atoms with Crippen LogP contribution in [0.4, 0.5) is 17.1 Å². The second-order valence-corrected chi connectivity index (χ2v) is 4.19. The molecule has 2 aromatic rings. The first kappa shape index (κ1) is 14.4. The summed E-state index contributed by atoms with van der Waals surface area (Å²) in [6.45, 7) is 1.72. The van der Waals surface area contributed by atoms with Crippen molar-refractivity contribution in [3.63, 3.8) is 0 Å². The zero-order valence-corrected chi connectivity index (χ0v) is 11.2. The number of carbonyl (C=O) groups is 1. The van der Waals surface area contributed by atoms with Crippen molar-refractivity contribution in [3.05, 3.63) is 57.9 Å². The third-order valence-electron chi connectivity index (χ3n) is 2.87. The van der Waals surface area contributed by atoms with Gasteiger partial charge in [0.05, 0.1) is 16.3 Å². The molecular weight excluding hydrogens is 274 g/mol. The number of nitro groups is 1. The number of nitrogen functional groups attached to an aromatic ring is 1. The topological polar surface area (TPSA) is 123 Å². The molecule has 0 aliphatic heterocycles. The molecule has 0 aliphatic rings. The van der Waals surface area contributed by atoms with Crippen LogP contribution in [0.25, 0.3) is 0 Å². The van der Waals surface area contributed by atoms with Gasteiger partial charge in [-0.05, 0) is 31.2 Å². The van der Waals surface area contributed by atoms with Crippen LogP contribution in [0.1, 0.15) is 16.1 Å². The SMILES string of the molecule is Cc1ncccc1NC(=O)c1cccc(NN)c1[N+](=O)[O-]. The number of nitro benzene ring substituents is 1. The first-order chi connectivity index (χ1) is 10.0. The van der Waals surface area contributed by atoms with Crippen LogP contribution >= 0.6 is 0 Å². The van der Waals surface area contributed by atoms with Crippen LogP contribution in [0.5, 0.6) is 0 Å². The van der Waals surface area contributed by atoms with Crippen molar-refractivity contribution in [3.8, 4) is 0 Å². The van der Waals surface area contributed by atoms with Crippen molar-refractivity contribution in [2.75, 3.05) is 10.7 Å². The highest BCUT2D eigenvalue weighted by Crippen LogP contribution is 2.28. The molecule has 2 rings (SSSR count). The van der Waals surface area contributed by atoms with Gasteiger partial charge in [0, 0.05) is 6.20 Å². The molecule has 0 saturated carbocycles. The number of hydrogen-bond acceptors (Lipinski definition) is 6. The molecule has 0 saturated heterocycles. The summed E-state index contributed by atoms with van der Waals surface area (Å²) in [5.41, 5.74) is 2.92. The van der Waals surface area contributed by atoms with Gasteiger partial charge in [0.15, 0.2) is 0 Å². The average Bonchev–Trinajstić information content (AvgIpc) is 2.48. The Morgan fingerprint density at radius 2 is 2.00 bits per heavy atom. The molecule has 8 heteroatoms. The van der Waals surface area contributed by atoms with E-state index >= 15 is 0 Å². The number of para-hydroxylation sites is 1. The van der Waals surface area contributed by atoms with E-state index in [2.05, 4.69) is 15.7 Å². The summed E-state index contributed by atoms with van der Waals surface area (Å²) in [4.78, 5) is 26.8. The van der Waals surface area contributed by atoms with Crippen LogP contribution in [0.3, 0.4) is 0 Å². The molecule has 4 N–H and O–H groups in total. The third kappa shape index (κ3) is 2.95. The van der Waals surface area contributed by atoms with Crippen molar-refractivity contribution in [2.45, 2.75) is 6.92 Å². The summed E-state index contributed by atoms with van der Waals surface area (Å²) in [6.07, 6.45) is 1.59. The molecule has 108 valence electrons. The fourth-order valence-electron chi connectivity index (χ4n) is 1.85. The summed E-state index contributed by atoms with van der Waals surface area (Å²) in [5, 5.41) is 13.7. The van der Waals surface area contributed by atoms with Crippen molar-refractivity contribution in [1.29, 1.82) is 0 Å². The predicted molar refractivity (Wildman–Crippen MR) is 77.8 cm³/mol. The van der Waals surface area contributed by atoms with Crippen LogP contribution in [0.15, 0.2) is 36.5 Å². The standard InChI is InChI=1S/C13H13N5O3/c1-8-10(6-3-7-15-8)16-13(19)9-4-2-5-11(17-14)12(9)18(20)21/h2-7,17H,14H2,1H3,(H,16,19). The normalized spacial score (nSPS) is 10.0. The fourth-order valence-corrected chi connectivity index (χ4v) is 1.85. The number of aromatic nitrogens is 1. The number of aryl methyl sites for hydroxylation is 1. The summed E-state index contributed by atoms with van der Waals surface area (Å²) < 4.78 is 0. The van der Waals surface area contributed by atoms with Gasteiger partial charge in [-0.25, -0.2) is 0 Å². The lowest BCUT2D eigenvalue weighted by atomic mass is 10.1. The molecule has 21 heavy (non-hydrogen) atoms. The van der Waals surface area contributed by atoms with Gasteiger partial charge in [-0.1, -0.05) is 6.07 Å². The van der Waals surface area contributed by atoms with Crippen molar-refractivity contribution >= 4 is 23.0 Å². The number of anilines is 2. The molecular formula is C13H13N5O3. The quantitative estimate of drug-likeness (QED) is 0.448. The van der Waals surface area contributed by atoms with Gasteiger partial charge < -0.3 is 10.7 Å². The van der Waals surface area contributed by atoms with Crippen molar-refractivity contribution in [2.24, 2.45) is 5.84 Å². The minimum absolute atomic E-state index is 0.0653. The minimum atomic E-state index is -0.653. The Morgan fingerprint density at radius 1 is 1.29 bits per heavy atom. The first-order valence-electron chi connectivity index (χ1n) is 6.01. The average molecular weight is 287 g/mol. The molecule has 0 bridgehead atoms. The number of hydrazine groups is 1. The summed E-state index contributed by atoms with van der Waals surface area (Å²) in [7, 11) is 0. The highest BCUT2D eigenvalue weighted by Gasteiger charge is 2.24. The van der Waals surface area contributed by atoms with Gasteiger partial charge in [0.1, 0.15) is 11.3 Å². The Kier molecular flexibility index (Phi) is 4.10. The smallest absolute Gasteiger partial charge is 0.306 e. The Balaban J connectivity index is 2.40. The number of pyridine rings is 1. The second-order valence-electron chi connectivity index (χ2n) is 4.19. The largest absolute Gasteiger partial charge is 0.320 e. The van der Waals surface area contributed by atoms with Crippen molar-refractivity contribution in [1.82, 2.24) is 4.98 Å². The maximum absolute atomic E-state index is 12.2. The maximum atomic E-state index is 12.2. The first-order valence-corrected chi connectivity index (χ1v) is 6.01. The molecule has 1 aromatic heterocycles. The summed E-state index contributed by atoms with van der Waals surface area (Å²) in [5.74, 6) is 4.64. The highest BCUT2D eigenvalue weighted by atomic mass is 16.6. The van der Waals surface area contributed by atoms with E-state index in [1.807, 2.05) is 0 Å². The van der Waals surface area contributed by atoms with Gasteiger partial charge >= 0.3 is 5.69 Å². The number of carbonyl (C=O) groups excluding carboxylic acids is 1. The van der Waals surface area contributed by atoms with E-state index in [0.29, 0.717) is 11.4 Å². The number of hydrogen-bond donors (Lipinski definition) is 3. The number of benzene rings is 1. The highest BCUT2D eigenvalue weighted by molar-refractivity contribution is 6.08. The van der Waals surface area contributed by atoms with Crippen LogP contribution in [0, 0.1) is 17.0 Å². The lowest BCUT2D eigenvalue weighted by Gasteiger charge is -2.09. The number of rotatable bonds is 4.